The van der Waals surface area contributed by atoms with Gasteiger partial charge in [0.05, 0.1) is 17.6 Å². The van der Waals surface area contributed by atoms with Crippen molar-refractivity contribution in [3.8, 4) is 0 Å². The number of hydrogen-bond acceptors (Lipinski definition) is 5. The zero-order valence-corrected chi connectivity index (χ0v) is 16.5. The van der Waals surface area contributed by atoms with Gasteiger partial charge in [-0.3, -0.25) is 19.1 Å². The number of aromatic amines is 1. The van der Waals surface area contributed by atoms with Gasteiger partial charge in [-0.1, -0.05) is 30.3 Å². The van der Waals surface area contributed by atoms with Gasteiger partial charge in [0.2, 0.25) is 5.91 Å². The molecule has 0 unspecified atom stereocenters. The van der Waals surface area contributed by atoms with Crippen molar-refractivity contribution in [3.05, 3.63) is 67.2 Å². The molecular weight excluding hydrogens is 378 g/mol. The summed E-state index contributed by atoms with van der Waals surface area (Å²) in [7, 11) is 0. The van der Waals surface area contributed by atoms with Gasteiger partial charge >= 0.3 is 5.69 Å². The Bertz CT molecular complexity index is 1160. The zero-order valence-electron chi connectivity index (χ0n) is 15.7. The average Bonchev–Trinajstić information content (AvgIpc) is 3.00. The number of fused-ring (bicyclic) bond motifs is 3. The van der Waals surface area contributed by atoms with Crippen LogP contribution in [0.15, 0.2) is 39.9 Å². The number of nitrogens with zero attached hydrogens (tertiary/aromatic N) is 1. The molecule has 0 saturated heterocycles. The number of hydrogen-bond donors (Lipinski definition) is 2. The molecule has 0 bridgehead atoms. The first kappa shape index (κ1) is 18.6. The Hall–Kier alpha value is -2.71. The van der Waals surface area contributed by atoms with Crippen LogP contribution in [-0.4, -0.2) is 21.1 Å². The largest absolute Gasteiger partial charge is 0.370 e. The van der Waals surface area contributed by atoms with E-state index >= 15 is 0 Å². The first-order valence-electron chi connectivity index (χ1n) is 9.06. The van der Waals surface area contributed by atoms with Crippen LogP contribution in [0, 0.1) is 0 Å². The molecule has 0 aliphatic carbocycles. The van der Waals surface area contributed by atoms with Gasteiger partial charge in [0.25, 0.3) is 5.56 Å². The van der Waals surface area contributed by atoms with E-state index in [0.29, 0.717) is 29.8 Å². The predicted octanol–water partition coefficient (Wildman–Crippen LogP) is 1.92. The fourth-order valence-corrected chi connectivity index (χ4v) is 4.51. The van der Waals surface area contributed by atoms with E-state index in [1.165, 1.54) is 11.3 Å². The highest BCUT2D eigenvalue weighted by Crippen LogP contribution is 2.36. The Balaban J connectivity index is 1.63. The van der Waals surface area contributed by atoms with E-state index in [9.17, 15) is 14.4 Å². The molecule has 146 valence electrons. The fourth-order valence-electron chi connectivity index (χ4n) is 3.40. The van der Waals surface area contributed by atoms with E-state index in [-0.39, 0.29) is 18.1 Å². The molecule has 0 fully saturated rings. The standard InChI is InChI=1S/C20H21N3O4S/c1-20(2)8-13-14(11-27-20)28-17-16(13)18(25)23(19(26)22-17)10-15(24)21-9-12-6-4-3-5-7-12/h3-7H,8-11H2,1-2H3,(H,21,24)(H,22,26). The van der Waals surface area contributed by atoms with Crippen LogP contribution in [-0.2, 0) is 35.6 Å². The molecule has 1 aliphatic rings. The molecular formula is C20H21N3O4S. The highest BCUT2D eigenvalue weighted by Gasteiger charge is 2.31. The Morgan fingerprint density at radius 3 is 2.79 bits per heavy atom. The quantitative estimate of drug-likeness (QED) is 0.701. The first-order valence-corrected chi connectivity index (χ1v) is 9.88. The lowest BCUT2D eigenvalue weighted by Crippen LogP contribution is -2.40. The lowest BCUT2D eigenvalue weighted by Gasteiger charge is -2.29. The minimum Gasteiger partial charge on any atom is -0.370 e. The van der Waals surface area contributed by atoms with Crippen LogP contribution >= 0.6 is 11.3 Å². The van der Waals surface area contributed by atoms with Gasteiger partial charge < -0.3 is 10.1 Å². The number of nitrogens with one attached hydrogen (secondary N) is 2. The molecule has 7 nitrogen and oxygen atoms in total. The molecule has 1 aliphatic heterocycles. The maximum absolute atomic E-state index is 13.0. The van der Waals surface area contributed by atoms with E-state index in [4.69, 9.17) is 4.74 Å². The third kappa shape index (κ3) is 3.53. The van der Waals surface area contributed by atoms with Crippen molar-refractivity contribution in [1.29, 1.82) is 0 Å². The fraction of sp³-hybridized carbons (Fsp3) is 0.350. The topological polar surface area (TPSA) is 93.2 Å². The lowest BCUT2D eigenvalue weighted by atomic mass is 9.94. The van der Waals surface area contributed by atoms with Crippen LogP contribution in [0.1, 0.15) is 29.9 Å². The summed E-state index contributed by atoms with van der Waals surface area (Å²) in [5.41, 5.74) is 0.481. The predicted molar refractivity (Wildman–Crippen MR) is 108 cm³/mol. The third-order valence-corrected chi connectivity index (χ3v) is 5.97. The van der Waals surface area contributed by atoms with Crippen LogP contribution in [0.5, 0.6) is 0 Å². The van der Waals surface area contributed by atoms with Gasteiger partial charge in [0, 0.05) is 17.8 Å². The molecule has 2 aromatic heterocycles. The van der Waals surface area contributed by atoms with Crippen molar-refractivity contribution in [2.24, 2.45) is 0 Å². The summed E-state index contributed by atoms with van der Waals surface area (Å²) in [4.78, 5) is 42.0. The van der Waals surface area contributed by atoms with E-state index in [0.717, 1.165) is 20.6 Å². The molecule has 3 aromatic rings. The van der Waals surface area contributed by atoms with Gasteiger partial charge in [-0.15, -0.1) is 11.3 Å². The number of carbonyl (C=O) groups is 1. The summed E-state index contributed by atoms with van der Waals surface area (Å²) in [6.07, 6.45) is 0.587. The van der Waals surface area contributed by atoms with Gasteiger partial charge in [0.1, 0.15) is 11.4 Å². The minimum atomic E-state index is -0.578. The second kappa shape index (κ2) is 7.03. The highest BCUT2D eigenvalue weighted by atomic mass is 32.1. The summed E-state index contributed by atoms with van der Waals surface area (Å²) in [5.74, 6) is -0.386. The number of benzene rings is 1. The number of carbonyl (C=O) groups excluding carboxylic acids is 1. The van der Waals surface area contributed by atoms with Crippen molar-refractivity contribution < 1.29 is 9.53 Å². The molecule has 4 rings (SSSR count). The van der Waals surface area contributed by atoms with Crippen molar-refractivity contribution in [2.45, 2.75) is 45.6 Å². The number of ether oxygens (including phenoxy) is 1. The molecule has 0 saturated carbocycles. The average molecular weight is 399 g/mol. The van der Waals surface area contributed by atoms with E-state index in [1.54, 1.807) is 0 Å². The van der Waals surface area contributed by atoms with Crippen LogP contribution in [0.25, 0.3) is 10.2 Å². The van der Waals surface area contributed by atoms with Gasteiger partial charge in [-0.2, -0.15) is 0 Å². The van der Waals surface area contributed by atoms with Gasteiger partial charge in [0.15, 0.2) is 0 Å². The molecule has 3 heterocycles. The summed E-state index contributed by atoms with van der Waals surface area (Å²) in [5, 5.41) is 3.24. The normalized spacial score (nSPS) is 15.4. The van der Waals surface area contributed by atoms with Crippen LogP contribution in [0.4, 0.5) is 0 Å². The lowest BCUT2D eigenvalue weighted by molar-refractivity contribution is -0.121. The number of rotatable bonds is 4. The third-order valence-electron chi connectivity index (χ3n) is 4.85. The van der Waals surface area contributed by atoms with Crippen molar-refractivity contribution >= 4 is 27.5 Å². The highest BCUT2D eigenvalue weighted by molar-refractivity contribution is 7.18. The second-order valence-corrected chi connectivity index (χ2v) is 8.62. The molecule has 2 N–H and O–H groups in total. The van der Waals surface area contributed by atoms with Gasteiger partial charge in [-0.25, -0.2) is 4.79 Å². The Morgan fingerprint density at radius 2 is 2.04 bits per heavy atom. The number of aromatic nitrogens is 2. The first-order chi connectivity index (χ1) is 13.3. The van der Waals surface area contributed by atoms with E-state index in [2.05, 4.69) is 10.3 Å². The Morgan fingerprint density at radius 1 is 1.29 bits per heavy atom. The molecule has 0 radical (unpaired) electrons. The maximum atomic E-state index is 13.0. The second-order valence-electron chi connectivity index (χ2n) is 7.52. The molecule has 1 amide bonds. The molecule has 8 heteroatoms. The molecule has 0 atom stereocenters. The van der Waals surface area contributed by atoms with Crippen molar-refractivity contribution in [1.82, 2.24) is 14.9 Å². The zero-order chi connectivity index (χ0) is 19.9. The van der Waals surface area contributed by atoms with Gasteiger partial charge in [-0.05, 0) is 25.0 Å². The van der Waals surface area contributed by atoms with Crippen molar-refractivity contribution in [2.75, 3.05) is 0 Å². The smallest absolute Gasteiger partial charge is 0.329 e. The van der Waals surface area contributed by atoms with Crippen LogP contribution in [0.2, 0.25) is 0 Å². The van der Waals surface area contributed by atoms with Crippen LogP contribution < -0.4 is 16.6 Å². The summed E-state index contributed by atoms with van der Waals surface area (Å²) >= 11 is 1.37. The Labute approximate surface area is 165 Å². The maximum Gasteiger partial charge on any atom is 0.329 e. The van der Waals surface area contributed by atoms with Crippen LogP contribution in [0.3, 0.4) is 0 Å². The SMILES string of the molecule is CC1(C)Cc2c(sc3[nH]c(=O)n(CC(=O)NCc4ccccc4)c(=O)c23)CO1. The summed E-state index contributed by atoms with van der Waals surface area (Å²) < 4.78 is 6.78. The van der Waals surface area contributed by atoms with E-state index < -0.39 is 11.2 Å². The van der Waals surface area contributed by atoms with Crippen molar-refractivity contribution in [3.63, 3.8) is 0 Å². The number of amides is 1. The summed E-state index contributed by atoms with van der Waals surface area (Å²) in [6.45, 7) is 4.39. The number of H-pyrrole nitrogens is 1. The molecule has 1 aromatic carbocycles. The molecule has 28 heavy (non-hydrogen) atoms. The molecule has 0 spiro atoms. The number of thiophene rings is 1. The van der Waals surface area contributed by atoms with E-state index in [1.807, 2.05) is 44.2 Å². The monoisotopic (exact) mass is 399 g/mol. The summed E-state index contributed by atoms with van der Waals surface area (Å²) in [6, 6.07) is 9.46. The minimum absolute atomic E-state index is 0.318. The Kier molecular flexibility index (Phi) is 4.68.